The largest absolute Gasteiger partial charge is 0.493 e. The SMILES string of the molecule is CCN(CC)CCCOc1ccc(CC(=O)c2ccc(C)c(C#Cc3cncc4cccnc34)c2)cc1C(F)(F)F. The molecule has 0 fully saturated rings. The summed E-state index contributed by atoms with van der Waals surface area (Å²) in [4.78, 5) is 23.9. The van der Waals surface area contributed by atoms with Crippen LogP contribution in [-0.2, 0) is 12.6 Å². The van der Waals surface area contributed by atoms with Gasteiger partial charge in [-0.3, -0.25) is 14.8 Å². The van der Waals surface area contributed by atoms with Gasteiger partial charge in [-0.15, -0.1) is 0 Å². The van der Waals surface area contributed by atoms with E-state index in [-0.39, 0.29) is 30.1 Å². The van der Waals surface area contributed by atoms with Gasteiger partial charge >= 0.3 is 6.18 Å². The lowest BCUT2D eigenvalue weighted by atomic mass is 9.97. The molecule has 0 atom stereocenters. The minimum Gasteiger partial charge on any atom is -0.493 e. The predicted octanol–water partition coefficient (Wildman–Crippen LogP) is 6.89. The van der Waals surface area contributed by atoms with Crippen molar-refractivity contribution in [1.29, 1.82) is 0 Å². The van der Waals surface area contributed by atoms with Gasteiger partial charge in [0.15, 0.2) is 5.78 Å². The molecule has 8 heteroatoms. The van der Waals surface area contributed by atoms with Gasteiger partial charge in [0.1, 0.15) is 5.75 Å². The van der Waals surface area contributed by atoms with Crippen molar-refractivity contribution in [2.45, 2.75) is 39.8 Å². The van der Waals surface area contributed by atoms with Gasteiger partial charge in [0.25, 0.3) is 0 Å². The lowest BCUT2D eigenvalue weighted by molar-refractivity contribution is -0.139. The summed E-state index contributed by atoms with van der Waals surface area (Å²) in [6.45, 7) is 8.64. The number of fused-ring (bicyclic) bond motifs is 1. The molecule has 0 bridgehead atoms. The van der Waals surface area contributed by atoms with Crippen LogP contribution in [0.15, 0.2) is 67.1 Å². The highest BCUT2D eigenvalue weighted by Crippen LogP contribution is 2.37. The summed E-state index contributed by atoms with van der Waals surface area (Å²) in [6.07, 6.45) is 0.876. The Morgan fingerprint density at radius 2 is 1.78 bits per heavy atom. The molecule has 212 valence electrons. The number of carbonyl (C=O) groups excluding carboxylic acids is 1. The number of aromatic nitrogens is 2. The van der Waals surface area contributed by atoms with Crippen LogP contribution >= 0.6 is 0 Å². The smallest absolute Gasteiger partial charge is 0.419 e. The number of ketones is 1. The first-order valence-electron chi connectivity index (χ1n) is 13.6. The second-order valence-corrected chi connectivity index (χ2v) is 9.70. The van der Waals surface area contributed by atoms with Crippen LogP contribution in [0.25, 0.3) is 10.9 Å². The zero-order valence-electron chi connectivity index (χ0n) is 23.4. The van der Waals surface area contributed by atoms with Crippen molar-refractivity contribution in [1.82, 2.24) is 14.9 Å². The molecular weight excluding hydrogens is 527 g/mol. The summed E-state index contributed by atoms with van der Waals surface area (Å²) in [5.41, 5.74) is 2.67. The molecule has 5 nitrogen and oxygen atoms in total. The molecule has 4 rings (SSSR count). The summed E-state index contributed by atoms with van der Waals surface area (Å²) < 4.78 is 47.1. The minimum atomic E-state index is -4.61. The van der Waals surface area contributed by atoms with E-state index in [0.29, 0.717) is 23.1 Å². The third-order valence-electron chi connectivity index (χ3n) is 6.89. The van der Waals surface area contributed by atoms with Crippen LogP contribution in [0.3, 0.4) is 0 Å². The molecule has 0 amide bonds. The van der Waals surface area contributed by atoms with Gasteiger partial charge in [0, 0.05) is 48.1 Å². The standard InChI is InChI=1S/C33H32F3N3O2/c1-4-39(5-2)16-7-17-41-31-14-10-24(18-29(31)33(34,35)36)19-30(40)26-11-9-23(3)25(20-26)12-13-28-22-37-21-27-8-6-15-38-32(27)28/h6,8-11,14-15,18,20-22H,4-5,7,16-17,19H2,1-3H3. The monoisotopic (exact) mass is 559 g/mol. The molecule has 2 aromatic carbocycles. The summed E-state index contributed by atoms with van der Waals surface area (Å²) in [6, 6.07) is 12.7. The highest BCUT2D eigenvalue weighted by atomic mass is 19.4. The molecule has 0 unspecified atom stereocenters. The molecule has 0 aliphatic heterocycles. The number of alkyl halides is 3. The highest BCUT2D eigenvalue weighted by Gasteiger charge is 2.35. The van der Waals surface area contributed by atoms with E-state index in [0.717, 1.165) is 42.2 Å². The first kappa shape index (κ1) is 29.8. The fourth-order valence-electron chi connectivity index (χ4n) is 4.49. The molecule has 4 aromatic rings. The highest BCUT2D eigenvalue weighted by molar-refractivity contribution is 5.98. The van der Waals surface area contributed by atoms with Crippen LogP contribution in [-0.4, -0.2) is 46.9 Å². The van der Waals surface area contributed by atoms with Crippen molar-refractivity contribution in [3.63, 3.8) is 0 Å². The van der Waals surface area contributed by atoms with Crippen molar-refractivity contribution >= 4 is 16.7 Å². The van der Waals surface area contributed by atoms with Crippen molar-refractivity contribution < 1.29 is 22.7 Å². The average molecular weight is 560 g/mol. The minimum absolute atomic E-state index is 0.177. The summed E-state index contributed by atoms with van der Waals surface area (Å²) in [5.74, 6) is 5.67. The van der Waals surface area contributed by atoms with E-state index in [1.807, 2.05) is 32.9 Å². The molecule has 0 saturated heterocycles. The number of aryl methyl sites for hydroxylation is 1. The number of rotatable bonds is 10. The van der Waals surface area contributed by atoms with Crippen LogP contribution in [0.1, 0.15) is 58.4 Å². The Labute approximate surface area is 238 Å². The Bertz CT molecular complexity index is 1580. The third-order valence-corrected chi connectivity index (χ3v) is 6.89. The molecule has 0 spiro atoms. The number of Topliss-reactive ketones (excluding diaryl/α,β-unsaturated/α-hetero) is 1. The van der Waals surface area contributed by atoms with Gasteiger partial charge < -0.3 is 9.64 Å². The lowest BCUT2D eigenvalue weighted by Gasteiger charge is -2.19. The van der Waals surface area contributed by atoms with Crippen LogP contribution in [0.2, 0.25) is 0 Å². The second-order valence-electron chi connectivity index (χ2n) is 9.70. The van der Waals surface area contributed by atoms with E-state index in [9.17, 15) is 18.0 Å². The van der Waals surface area contributed by atoms with Crippen molar-refractivity contribution in [2.24, 2.45) is 0 Å². The lowest BCUT2D eigenvalue weighted by Crippen LogP contribution is -2.25. The molecule has 0 saturated carbocycles. The molecule has 2 heterocycles. The zero-order valence-corrected chi connectivity index (χ0v) is 23.4. The van der Waals surface area contributed by atoms with Gasteiger partial charge in [0.05, 0.1) is 23.3 Å². The molecule has 0 N–H and O–H groups in total. The average Bonchev–Trinajstić information content (AvgIpc) is 2.96. The number of nitrogens with zero attached hydrogens (tertiary/aromatic N) is 3. The number of hydrogen-bond acceptors (Lipinski definition) is 5. The van der Waals surface area contributed by atoms with Gasteiger partial charge in [-0.1, -0.05) is 43.9 Å². The Kier molecular flexibility index (Phi) is 9.74. The van der Waals surface area contributed by atoms with Gasteiger partial charge in [-0.2, -0.15) is 13.2 Å². The van der Waals surface area contributed by atoms with Gasteiger partial charge in [-0.25, -0.2) is 0 Å². The molecule has 0 aliphatic rings. The van der Waals surface area contributed by atoms with E-state index < -0.39 is 11.7 Å². The maximum Gasteiger partial charge on any atom is 0.419 e. The first-order chi connectivity index (χ1) is 19.7. The Morgan fingerprint density at radius 3 is 2.54 bits per heavy atom. The third kappa shape index (κ3) is 7.71. The number of benzene rings is 2. The van der Waals surface area contributed by atoms with Gasteiger partial charge in [0.2, 0.25) is 0 Å². The van der Waals surface area contributed by atoms with Crippen molar-refractivity contribution in [3.05, 3.63) is 101 Å². The predicted molar refractivity (Wildman–Crippen MR) is 154 cm³/mol. The number of pyridine rings is 2. The van der Waals surface area contributed by atoms with E-state index in [2.05, 4.69) is 26.7 Å². The maximum absolute atomic E-state index is 13.9. The van der Waals surface area contributed by atoms with Crippen LogP contribution in [0, 0.1) is 18.8 Å². The topological polar surface area (TPSA) is 55.3 Å². The Hall–Kier alpha value is -4.22. The molecule has 0 radical (unpaired) electrons. The second kappa shape index (κ2) is 13.4. The van der Waals surface area contributed by atoms with Crippen LogP contribution in [0.5, 0.6) is 5.75 Å². The number of ether oxygens (including phenoxy) is 1. The molecule has 41 heavy (non-hydrogen) atoms. The number of halogens is 3. The zero-order chi connectivity index (χ0) is 29.4. The normalized spacial score (nSPS) is 11.4. The molecular formula is C33H32F3N3O2. The number of carbonyl (C=O) groups is 1. The molecule has 0 aliphatic carbocycles. The van der Waals surface area contributed by atoms with Gasteiger partial charge in [-0.05, 0) is 67.9 Å². The van der Waals surface area contributed by atoms with Crippen molar-refractivity contribution in [2.75, 3.05) is 26.2 Å². The van der Waals surface area contributed by atoms with Crippen LogP contribution < -0.4 is 4.74 Å². The first-order valence-corrected chi connectivity index (χ1v) is 13.6. The quantitative estimate of drug-likeness (QED) is 0.120. The summed E-state index contributed by atoms with van der Waals surface area (Å²) in [5, 5.41) is 0.870. The Morgan fingerprint density at radius 1 is 1.00 bits per heavy atom. The summed E-state index contributed by atoms with van der Waals surface area (Å²) in [7, 11) is 0. The fourth-order valence-corrected chi connectivity index (χ4v) is 4.49. The molecule has 2 aromatic heterocycles. The van der Waals surface area contributed by atoms with E-state index in [4.69, 9.17) is 4.74 Å². The Balaban J connectivity index is 1.50. The van der Waals surface area contributed by atoms with Crippen molar-refractivity contribution in [3.8, 4) is 17.6 Å². The number of hydrogen-bond donors (Lipinski definition) is 0. The fraction of sp³-hybridized carbons (Fsp3) is 0.303. The summed E-state index contributed by atoms with van der Waals surface area (Å²) >= 11 is 0. The van der Waals surface area contributed by atoms with Crippen LogP contribution in [0.4, 0.5) is 13.2 Å². The van der Waals surface area contributed by atoms with E-state index in [1.165, 1.54) is 12.1 Å². The van der Waals surface area contributed by atoms with E-state index >= 15 is 0 Å². The van der Waals surface area contributed by atoms with E-state index in [1.54, 1.807) is 36.8 Å². The maximum atomic E-state index is 13.9.